The van der Waals surface area contributed by atoms with E-state index in [1.165, 1.54) is 6.07 Å². The molecular weight excluding hydrogens is 191 g/mol. The molecule has 0 saturated heterocycles. The Bertz CT molecular complexity index is 474. The van der Waals surface area contributed by atoms with Crippen LogP contribution in [0.3, 0.4) is 0 Å². The highest BCUT2D eigenvalue weighted by Gasteiger charge is 2.09. The van der Waals surface area contributed by atoms with Gasteiger partial charge in [-0.15, -0.1) is 0 Å². The van der Waals surface area contributed by atoms with Crippen molar-refractivity contribution in [2.75, 3.05) is 0 Å². The summed E-state index contributed by atoms with van der Waals surface area (Å²) in [7, 11) is 2.00. The molecule has 0 spiro atoms. The van der Waals surface area contributed by atoms with Gasteiger partial charge in [0.25, 0.3) is 5.82 Å². The van der Waals surface area contributed by atoms with Crippen molar-refractivity contribution in [2.45, 2.75) is 13.5 Å². The lowest BCUT2D eigenvalue weighted by Crippen LogP contribution is -2.29. The molecule has 0 amide bonds. The SMILES string of the molecule is Cc1n(Cc2cccc(F)c2)cc[n+]1C. The number of benzene rings is 1. The minimum absolute atomic E-state index is 0.179. The highest BCUT2D eigenvalue weighted by Crippen LogP contribution is 2.06. The smallest absolute Gasteiger partial charge is 0.237 e. The molecule has 2 aromatic rings. The predicted octanol–water partition coefficient (Wildman–Crippen LogP) is 1.81. The van der Waals surface area contributed by atoms with E-state index < -0.39 is 0 Å². The first kappa shape index (κ1) is 9.90. The molecule has 78 valence electrons. The molecular formula is C12H14FN2+. The third-order valence-corrected chi connectivity index (χ3v) is 2.64. The lowest BCUT2D eigenvalue weighted by Gasteiger charge is -1.99. The van der Waals surface area contributed by atoms with Crippen LogP contribution in [-0.2, 0) is 13.6 Å². The quantitative estimate of drug-likeness (QED) is 0.661. The summed E-state index contributed by atoms with van der Waals surface area (Å²) < 4.78 is 17.1. The second-order valence-corrected chi connectivity index (χ2v) is 3.71. The van der Waals surface area contributed by atoms with Crippen LogP contribution < -0.4 is 4.57 Å². The average Bonchev–Trinajstić information content (AvgIpc) is 2.50. The largest absolute Gasteiger partial charge is 0.253 e. The second kappa shape index (κ2) is 3.85. The van der Waals surface area contributed by atoms with Gasteiger partial charge in [-0.25, -0.2) is 13.5 Å². The van der Waals surface area contributed by atoms with Crippen LogP contribution in [0.2, 0.25) is 0 Å². The first-order valence-electron chi connectivity index (χ1n) is 4.92. The number of halogens is 1. The van der Waals surface area contributed by atoms with Crippen LogP contribution in [0.1, 0.15) is 11.4 Å². The van der Waals surface area contributed by atoms with Gasteiger partial charge in [0.2, 0.25) is 0 Å². The lowest BCUT2D eigenvalue weighted by molar-refractivity contribution is -0.677. The first-order chi connectivity index (χ1) is 7.16. The fraction of sp³-hybridized carbons (Fsp3) is 0.250. The Morgan fingerprint density at radius 2 is 2.20 bits per heavy atom. The van der Waals surface area contributed by atoms with Crippen LogP contribution in [0.25, 0.3) is 0 Å². The van der Waals surface area contributed by atoms with E-state index in [1.54, 1.807) is 12.1 Å². The Balaban J connectivity index is 2.26. The van der Waals surface area contributed by atoms with Crippen LogP contribution in [-0.4, -0.2) is 4.57 Å². The normalized spacial score (nSPS) is 10.6. The Morgan fingerprint density at radius 1 is 1.40 bits per heavy atom. The molecule has 15 heavy (non-hydrogen) atoms. The van der Waals surface area contributed by atoms with E-state index in [4.69, 9.17) is 0 Å². The first-order valence-corrected chi connectivity index (χ1v) is 4.92. The van der Waals surface area contributed by atoms with E-state index in [0.717, 1.165) is 11.4 Å². The minimum Gasteiger partial charge on any atom is -0.237 e. The number of imidazole rings is 1. The van der Waals surface area contributed by atoms with Gasteiger partial charge in [0, 0.05) is 6.92 Å². The zero-order chi connectivity index (χ0) is 10.8. The second-order valence-electron chi connectivity index (χ2n) is 3.71. The summed E-state index contributed by atoms with van der Waals surface area (Å²) in [6.07, 6.45) is 3.99. The number of aryl methyl sites for hydroxylation is 1. The molecule has 0 atom stereocenters. The van der Waals surface area contributed by atoms with Crippen molar-refractivity contribution in [2.24, 2.45) is 7.05 Å². The molecule has 2 nitrogen and oxygen atoms in total. The molecule has 0 radical (unpaired) electrons. The van der Waals surface area contributed by atoms with E-state index in [9.17, 15) is 4.39 Å². The van der Waals surface area contributed by atoms with Gasteiger partial charge in [-0.2, -0.15) is 0 Å². The van der Waals surface area contributed by atoms with Crippen LogP contribution in [0, 0.1) is 12.7 Å². The van der Waals surface area contributed by atoms with Crippen molar-refractivity contribution in [1.82, 2.24) is 4.57 Å². The van der Waals surface area contributed by atoms with Crippen molar-refractivity contribution >= 4 is 0 Å². The van der Waals surface area contributed by atoms with E-state index in [1.807, 2.05) is 37.0 Å². The number of aromatic nitrogens is 2. The van der Waals surface area contributed by atoms with Crippen LogP contribution in [0.4, 0.5) is 4.39 Å². The standard InChI is InChI=1S/C12H14FN2/c1-10-14(2)6-7-15(10)9-11-4-3-5-12(13)8-11/h3-8H,9H2,1-2H3/q+1. The highest BCUT2D eigenvalue weighted by atomic mass is 19.1. The molecule has 0 aliphatic carbocycles. The Kier molecular flexibility index (Phi) is 2.54. The van der Waals surface area contributed by atoms with Gasteiger partial charge < -0.3 is 0 Å². The van der Waals surface area contributed by atoms with E-state index >= 15 is 0 Å². The molecule has 0 aliphatic rings. The molecule has 1 aromatic heterocycles. The van der Waals surface area contributed by atoms with Gasteiger partial charge in [-0.05, 0) is 17.7 Å². The van der Waals surface area contributed by atoms with Crippen molar-refractivity contribution in [3.63, 3.8) is 0 Å². The van der Waals surface area contributed by atoms with E-state index in [0.29, 0.717) is 6.54 Å². The average molecular weight is 205 g/mol. The zero-order valence-corrected chi connectivity index (χ0v) is 8.94. The van der Waals surface area contributed by atoms with Gasteiger partial charge in [0.15, 0.2) is 0 Å². The molecule has 0 N–H and O–H groups in total. The number of rotatable bonds is 2. The summed E-state index contributed by atoms with van der Waals surface area (Å²) in [5.74, 6) is 0.973. The highest BCUT2D eigenvalue weighted by molar-refractivity contribution is 5.16. The third-order valence-electron chi connectivity index (χ3n) is 2.64. The molecule has 0 aliphatic heterocycles. The molecule has 2 rings (SSSR count). The number of hydrogen-bond donors (Lipinski definition) is 0. The van der Waals surface area contributed by atoms with E-state index in [2.05, 4.69) is 4.57 Å². The van der Waals surface area contributed by atoms with Crippen molar-refractivity contribution in [3.8, 4) is 0 Å². The minimum atomic E-state index is -0.179. The third kappa shape index (κ3) is 2.06. The molecule has 0 saturated carbocycles. The van der Waals surface area contributed by atoms with Gasteiger partial charge in [0.05, 0.1) is 7.05 Å². The molecule has 3 heteroatoms. The molecule has 0 bridgehead atoms. The van der Waals surface area contributed by atoms with Gasteiger partial charge in [0.1, 0.15) is 24.8 Å². The lowest BCUT2D eigenvalue weighted by atomic mass is 10.2. The summed E-state index contributed by atoms with van der Waals surface area (Å²) in [5.41, 5.74) is 0.981. The van der Waals surface area contributed by atoms with Crippen molar-refractivity contribution in [1.29, 1.82) is 0 Å². The van der Waals surface area contributed by atoms with Gasteiger partial charge in [-0.1, -0.05) is 12.1 Å². The maximum Gasteiger partial charge on any atom is 0.253 e. The molecule has 0 unspecified atom stereocenters. The predicted molar refractivity (Wildman–Crippen MR) is 55.8 cm³/mol. The number of nitrogens with zero attached hydrogens (tertiary/aromatic N) is 2. The van der Waals surface area contributed by atoms with Crippen LogP contribution in [0.15, 0.2) is 36.7 Å². The Labute approximate surface area is 88.6 Å². The summed E-state index contributed by atoms with van der Waals surface area (Å²) in [4.78, 5) is 0. The fourth-order valence-corrected chi connectivity index (χ4v) is 1.60. The van der Waals surface area contributed by atoms with Crippen LogP contribution in [0.5, 0.6) is 0 Å². The van der Waals surface area contributed by atoms with E-state index in [-0.39, 0.29) is 5.82 Å². The number of hydrogen-bond acceptors (Lipinski definition) is 0. The van der Waals surface area contributed by atoms with Gasteiger partial charge in [-0.3, -0.25) is 0 Å². The zero-order valence-electron chi connectivity index (χ0n) is 8.94. The summed E-state index contributed by atoms with van der Waals surface area (Å²) in [5, 5.41) is 0. The molecule has 0 fully saturated rings. The molecule has 1 aromatic carbocycles. The topological polar surface area (TPSA) is 8.81 Å². The monoisotopic (exact) mass is 205 g/mol. The summed E-state index contributed by atoms with van der Waals surface area (Å²) in [6.45, 7) is 2.75. The van der Waals surface area contributed by atoms with Crippen molar-refractivity contribution < 1.29 is 8.96 Å². The molecule has 1 heterocycles. The Hall–Kier alpha value is -1.64. The summed E-state index contributed by atoms with van der Waals surface area (Å²) >= 11 is 0. The fourth-order valence-electron chi connectivity index (χ4n) is 1.60. The van der Waals surface area contributed by atoms with Crippen LogP contribution >= 0.6 is 0 Å². The van der Waals surface area contributed by atoms with Gasteiger partial charge >= 0.3 is 0 Å². The maximum atomic E-state index is 13.0. The Morgan fingerprint density at radius 3 is 2.80 bits per heavy atom. The maximum absolute atomic E-state index is 13.0. The van der Waals surface area contributed by atoms with Crippen molar-refractivity contribution in [3.05, 3.63) is 53.9 Å². The summed E-state index contributed by atoms with van der Waals surface area (Å²) in [6, 6.07) is 6.71.